The van der Waals surface area contributed by atoms with E-state index in [1.807, 2.05) is 24.3 Å². The number of nitrogens with one attached hydrogen (secondary N) is 1. The van der Waals surface area contributed by atoms with Crippen molar-refractivity contribution in [3.63, 3.8) is 0 Å². The van der Waals surface area contributed by atoms with Crippen LogP contribution in [0.4, 0.5) is 10.5 Å². The van der Waals surface area contributed by atoms with Gasteiger partial charge in [0.1, 0.15) is 10.5 Å². The van der Waals surface area contributed by atoms with Gasteiger partial charge in [-0.2, -0.15) is 0 Å². The van der Waals surface area contributed by atoms with Crippen LogP contribution in [-0.2, 0) is 4.74 Å². The van der Waals surface area contributed by atoms with E-state index < -0.39 is 17.7 Å². The number of carboxylic acid groups (broad SMARTS) is 1. The Morgan fingerprint density at radius 1 is 1.22 bits per heavy atom. The highest BCUT2D eigenvalue weighted by Crippen LogP contribution is 2.35. The number of amides is 1. The molecule has 23 heavy (non-hydrogen) atoms. The van der Waals surface area contributed by atoms with Crippen molar-refractivity contribution < 1.29 is 19.4 Å². The molecule has 1 heterocycles. The second-order valence-corrected chi connectivity index (χ2v) is 7.76. The highest BCUT2D eigenvalue weighted by molar-refractivity contribution is 9.10. The summed E-state index contributed by atoms with van der Waals surface area (Å²) in [6.07, 6.45) is -0.680. The van der Waals surface area contributed by atoms with Gasteiger partial charge in [0.25, 0.3) is 0 Å². The quantitative estimate of drug-likeness (QED) is 0.743. The third-order valence-corrected chi connectivity index (χ3v) is 4.39. The molecule has 0 aliphatic rings. The summed E-state index contributed by atoms with van der Waals surface area (Å²) >= 11 is 4.46. The SMILES string of the molecule is CC(C)(C)OC(=O)Nc1cc(-c2ccc(Br)cc2)sc1C(=O)O. The van der Waals surface area contributed by atoms with Gasteiger partial charge >= 0.3 is 12.1 Å². The average molecular weight is 398 g/mol. The number of halogens is 1. The van der Waals surface area contributed by atoms with Gasteiger partial charge in [-0.05, 0) is 44.5 Å². The molecule has 7 heteroatoms. The summed E-state index contributed by atoms with van der Waals surface area (Å²) in [4.78, 5) is 24.1. The van der Waals surface area contributed by atoms with Crippen LogP contribution in [0.1, 0.15) is 30.4 Å². The highest BCUT2D eigenvalue weighted by atomic mass is 79.9. The molecular weight excluding hydrogens is 382 g/mol. The summed E-state index contributed by atoms with van der Waals surface area (Å²) in [7, 11) is 0. The molecule has 122 valence electrons. The fourth-order valence-electron chi connectivity index (χ4n) is 1.81. The summed E-state index contributed by atoms with van der Waals surface area (Å²) in [5.41, 5.74) is 0.450. The molecule has 2 N–H and O–H groups in total. The van der Waals surface area contributed by atoms with Gasteiger partial charge in [0.05, 0.1) is 5.69 Å². The molecule has 5 nitrogen and oxygen atoms in total. The van der Waals surface area contributed by atoms with Crippen LogP contribution >= 0.6 is 27.3 Å². The third-order valence-electron chi connectivity index (χ3n) is 2.69. The number of carboxylic acids is 1. The lowest BCUT2D eigenvalue weighted by atomic mass is 10.2. The van der Waals surface area contributed by atoms with Gasteiger partial charge < -0.3 is 9.84 Å². The van der Waals surface area contributed by atoms with Crippen LogP contribution in [0.25, 0.3) is 10.4 Å². The number of thiophene rings is 1. The standard InChI is InChI=1S/C16H16BrNO4S/c1-16(2,3)22-15(21)18-11-8-12(23-13(11)14(19)20)9-4-6-10(17)7-5-9/h4-8H,1-3H3,(H,18,21)(H,19,20). The van der Waals surface area contributed by atoms with E-state index in [4.69, 9.17) is 4.74 Å². The van der Waals surface area contributed by atoms with Crippen LogP contribution in [0, 0.1) is 0 Å². The molecule has 0 atom stereocenters. The molecular formula is C16H16BrNO4S. The first kappa shape index (κ1) is 17.5. The van der Waals surface area contributed by atoms with Crippen LogP contribution in [0.5, 0.6) is 0 Å². The minimum absolute atomic E-state index is 0.0637. The first-order valence-corrected chi connectivity index (χ1v) is 8.40. The molecule has 1 aromatic heterocycles. The van der Waals surface area contributed by atoms with Crippen molar-refractivity contribution in [2.45, 2.75) is 26.4 Å². The number of benzene rings is 1. The maximum absolute atomic E-state index is 11.9. The Hall–Kier alpha value is -1.86. The lowest BCUT2D eigenvalue weighted by Crippen LogP contribution is -2.27. The zero-order valence-electron chi connectivity index (χ0n) is 12.8. The number of hydrogen-bond acceptors (Lipinski definition) is 4. The number of ether oxygens (including phenoxy) is 1. The van der Waals surface area contributed by atoms with E-state index in [1.165, 1.54) is 0 Å². The molecule has 2 aromatic rings. The van der Waals surface area contributed by atoms with Crippen molar-refractivity contribution >= 4 is 45.0 Å². The van der Waals surface area contributed by atoms with Crippen molar-refractivity contribution in [1.82, 2.24) is 0 Å². The van der Waals surface area contributed by atoms with Crippen LogP contribution in [0.15, 0.2) is 34.8 Å². The summed E-state index contributed by atoms with van der Waals surface area (Å²) in [5, 5.41) is 11.8. The summed E-state index contributed by atoms with van der Waals surface area (Å²) in [6, 6.07) is 9.13. The van der Waals surface area contributed by atoms with Crippen molar-refractivity contribution in [2.24, 2.45) is 0 Å². The molecule has 0 unspecified atom stereocenters. The number of rotatable bonds is 3. The smallest absolute Gasteiger partial charge is 0.412 e. The van der Waals surface area contributed by atoms with E-state index in [0.29, 0.717) is 0 Å². The Morgan fingerprint density at radius 2 is 1.83 bits per heavy atom. The lowest BCUT2D eigenvalue weighted by molar-refractivity contribution is 0.0636. The van der Waals surface area contributed by atoms with E-state index in [-0.39, 0.29) is 10.6 Å². The van der Waals surface area contributed by atoms with Crippen molar-refractivity contribution in [3.05, 3.63) is 39.7 Å². The highest BCUT2D eigenvalue weighted by Gasteiger charge is 2.21. The number of aromatic carboxylic acids is 1. The Labute approximate surface area is 146 Å². The molecule has 0 aliphatic heterocycles. The van der Waals surface area contributed by atoms with Gasteiger partial charge in [-0.1, -0.05) is 28.1 Å². The van der Waals surface area contributed by atoms with Crippen LogP contribution in [-0.4, -0.2) is 22.8 Å². The molecule has 0 bridgehead atoms. The van der Waals surface area contributed by atoms with E-state index in [2.05, 4.69) is 21.2 Å². The normalized spacial score (nSPS) is 11.1. The number of carbonyl (C=O) groups is 2. The number of carbonyl (C=O) groups excluding carboxylic acids is 1. The molecule has 2 rings (SSSR count). The number of hydrogen-bond donors (Lipinski definition) is 2. The molecule has 0 aliphatic carbocycles. The first-order valence-electron chi connectivity index (χ1n) is 6.79. The molecule has 0 fully saturated rings. The van der Waals surface area contributed by atoms with E-state index in [9.17, 15) is 14.7 Å². The second-order valence-electron chi connectivity index (χ2n) is 5.79. The van der Waals surface area contributed by atoms with Gasteiger partial charge in [-0.15, -0.1) is 11.3 Å². The number of anilines is 1. The molecule has 0 spiro atoms. The zero-order chi connectivity index (χ0) is 17.2. The predicted octanol–water partition coefficient (Wildman–Crippen LogP) is 5.22. The van der Waals surface area contributed by atoms with E-state index >= 15 is 0 Å². The van der Waals surface area contributed by atoms with Crippen molar-refractivity contribution in [2.75, 3.05) is 5.32 Å². The molecule has 0 radical (unpaired) electrons. The van der Waals surface area contributed by atoms with Crippen LogP contribution in [0.2, 0.25) is 0 Å². The van der Waals surface area contributed by atoms with E-state index in [0.717, 1.165) is 26.3 Å². The maximum Gasteiger partial charge on any atom is 0.412 e. The van der Waals surface area contributed by atoms with Crippen LogP contribution < -0.4 is 5.32 Å². The summed E-state index contributed by atoms with van der Waals surface area (Å²) in [6.45, 7) is 5.22. The monoisotopic (exact) mass is 397 g/mol. The topological polar surface area (TPSA) is 75.6 Å². The fraction of sp³-hybridized carbons (Fsp3) is 0.250. The minimum Gasteiger partial charge on any atom is -0.477 e. The summed E-state index contributed by atoms with van der Waals surface area (Å²) in [5.74, 6) is -1.09. The van der Waals surface area contributed by atoms with Crippen molar-refractivity contribution in [3.8, 4) is 10.4 Å². The Kier molecular flexibility index (Phi) is 5.11. The zero-order valence-corrected chi connectivity index (χ0v) is 15.2. The fourth-order valence-corrected chi connectivity index (χ4v) is 3.03. The van der Waals surface area contributed by atoms with Gasteiger partial charge in [0, 0.05) is 9.35 Å². The second kappa shape index (κ2) is 6.72. The minimum atomic E-state index is -1.09. The summed E-state index contributed by atoms with van der Waals surface area (Å²) < 4.78 is 6.10. The third kappa shape index (κ3) is 4.80. The molecule has 1 aromatic carbocycles. The molecule has 0 saturated carbocycles. The van der Waals surface area contributed by atoms with Gasteiger partial charge in [0.15, 0.2) is 0 Å². The first-order chi connectivity index (χ1) is 10.7. The largest absolute Gasteiger partial charge is 0.477 e. The van der Waals surface area contributed by atoms with E-state index in [1.54, 1.807) is 26.8 Å². The molecule has 1 amide bonds. The Balaban J connectivity index is 2.30. The molecule has 0 saturated heterocycles. The Morgan fingerprint density at radius 3 is 2.35 bits per heavy atom. The average Bonchev–Trinajstić information content (AvgIpc) is 2.81. The van der Waals surface area contributed by atoms with Gasteiger partial charge in [0.2, 0.25) is 0 Å². The maximum atomic E-state index is 11.9. The van der Waals surface area contributed by atoms with Crippen molar-refractivity contribution in [1.29, 1.82) is 0 Å². The predicted molar refractivity (Wildman–Crippen MR) is 94.3 cm³/mol. The Bertz CT molecular complexity index is 732. The van der Waals surface area contributed by atoms with Gasteiger partial charge in [-0.25, -0.2) is 9.59 Å². The lowest BCUT2D eigenvalue weighted by Gasteiger charge is -2.19. The van der Waals surface area contributed by atoms with Gasteiger partial charge in [-0.3, -0.25) is 5.32 Å². The van der Waals surface area contributed by atoms with Crippen LogP contribution in [0.3, 0.4) is 0 Å².